The van der Waals surface area contributed by atoms with Gasteiger partial charge >= 0.3 is 0 Å². The lowest BCUT2D eigenvalue weighted by Crippen LogP contribution is -2.44. The molecule has 94 valence electrons. The van der Waals surface area contributed by atoms with Gasteiger partial charge in [0.25, 0.3) is 0 Å². The Bertz CT molecular complexity index is 562. The highest BCUT2D eigenvalue weighted by atomic mass is 79.9. The van der Waals surface area contributed by atoms with Gasteiger partial charge in [-0.25, -0.2) is 0 Å². The molecule has 0 saturated carbocycles. The average Bonchev–Trinajstić information content (AvgIpc) is 2.38. The van der Waals surface area contributed by atoms with Crippen molar-refractivity contribution >= 4 is 32.5 Å². The van der Waals surface area contributed by atoms with Crippen molar-refractivity contribution < 1.29 is 0 Å². The van der Waals surface area contributed by atoms with E-state index in [1.54, 1.807) is 0 Å². The highest BCUT2D eigenvalue weighted by molar-refractivity contribution is 9.10. The zero-order chi connectivity index (χ0) is 12.5. The Morgan fingerprint density at radius 1 is 1.17 bits per heavy atom. The molecule has 0 N–H and O–H groups in total. The first kappa shape index (κ1) is 11.9. The van der Waals surface area contributed by atoms with Crippen LogP contribution in [0, 0.1) is 0 Å². The predicted molar refractivity (Wildman–Crippen MR) is 79.2 cm³/mol. The normalized spacial score (nSPS) is 17.3. The zero-order valence-corrected chi connectivity index (χ0v) is 12.0. The van der Waals surface area contributed by atoms with E-state index in [0.29, 0.717) is 0 Å². The van der Waals surface area contributed by atoms with Crippen molar-refractivity contribution in [1.29, 1.82) is 0 Å². The molecule has 1 fully saturated rings. The molecule has 0 radical (unpaired) electrons. The van der Waals surface area contributed by atoms with Crippen molar-refractivity contribution in [3.8, 4) is 0 Å². The lowest BCUT2D eigenvalue weighted by Gasteiger charge is -2.34. The van der Waals surface area contributed by atoms with Gasteiger partial charge in [-0.15, -0.1) is 0 Å². The lowest BCUT2D eigenvalue weighted by atomic mass is 10.1. The number of para-hydroxylation sites is 1. The molecule has 1 aliphatic heterocycles. The van der Waals surface area contributed by atoms with Crippen LogP contribution in [0.25, 0.3) is 10.9 Å². The van der Waals surface area contributed by atoms with Gasteiger partial charge in [-0.2, -0.15) is 0 Å². The number of pyridine rings is 1. The molecule has 0 aliphatic carbocycles. The van der Waals surface area contributed by atoms with Crippen LogP contribution < -0.4 is 4.90 Å². The Hall–Kier alpha value is -1.13. The first-order valence-electron chi connectivity index (χ1n) is 6.22. The highest BCUT2D eigenvalue weighted by Gasteiger charge is 2.16. The van der Waals surface area contributed by atoms with Gasteiger partial charge in [0.05, 0.1) is 11.2 Å². The maximum atomic E-state index is 4.57. The van der Waals surface area contributed by atoms with Crippen LogP contribution in [0.15, 0.2) is 34.9 Å². The maximum absolute atomic E-state index is 4.57. The van der Waals surface area contributed by atoms with E-state index in [-0.39, 0.29) is 0 Å². The summed E-state index contributed by atoms with van der Waals surface area (Å²) in [5.41, 5.74) is 2.36. The molecule has 0 spiro atoms. The summed E-state index contributed by atoms with van der Waals surface area (Å²) in [6.07, 6.45) is 1.88. The number of aromatic nitrogens is 1. The number of anilines is 1. The Kier molecular flexibility index (Phi) is 3.22. The van der Waals surface area contributed by atoms with E-state index < -0.39 is 0 Å². The van der Waals surface area contributed by atoms with Crippen LogP contribution >= 0.6 is 15.9 Å². The quantitative estimate of drug-likeness (QED) is 0.807. The molecule has 1 aromatic carbocycles. The molecule has 0 unspecified atom stereocenters. The Morgan fingerprint density at radius 2 is 1.94 bits per heavy atom. The number of rotatable bonds is 1. The van der Waals surface area contributed by atoms with Crippen molar-refractivity contribution in [2.24, 2.45) is 0 Å². The van der Waals surface area contributed by atoms with E-state index in [4.69, 9.17) is 0 Å². The monoisotopic (exact) mass is 305 g/mol. The van der Waals surface area contributed by atoms with Crippen molar-refractivity contribution in [3.63, 3.8) is 0 Å². The molecule has 3 rings (SSSR count). The molecular formula is C14H16BrN3. The number of likely N-dealkylation sites (N-methyl/N-ethyl adjacent to an activating group) is 1. The average molecular weight is 306 g/mol. The fraction of sp³-hybridized carbons (Fsp3) is 0.357. The van der Waals surface area contributed by atoms with E-state index in [2.05, 4.69) is 62.0 Å². The number of nitrogens with zero attached hydrogens (tertiary/aromatic N) is 3. The van der Waals surface area contributed by atoms with Crippen LogP contribution in [-0.4, -0.2) is 43.1 Å². The summed E-state index contributed by atoms with van der Waals surface area (Å²) in [5.74, 6) is 0. The first-order valence-corrected chi connectivity index (χ1v) is 7.01. The first-order chi connectivity index (χ1) is 8.74. The Balaban J connectivity index is 2.01. The topological polar surface area (TPSA) is 19.4 Å². The maximum Gasteiger partial charge on any atom is 0.0936 e. The van der Waals surface area contributed by atoms with Gasteiger partial charge in [0.15, 0.2) is 0 Å². The number of piperazine rings is 1. The minimum atomic E-state index is 1.03. The van der Waals surface area contributed by atoms with Gasteiger partial charge in [0, 0.05) is 42.2 Å². The number of hydrogen-bond acceptors (Lipinski definition) is 3. The third kappa shape index (κ3) is 2.22. The SMILES string of the molecule is CN1CCN(c2cccc3cc(Br)cnc23)CC1. The Labute approximate surface area is 116 Å². The predicted octanol–water partition coefficient (Wildman–Crippen LogP) is 2.75. The summed E-state index contributed by atoms with van der Waals surface area (Å²) in [6, 6.07) is 8.53. The standard InChI is InChI=1S/C14H16BrN3/c1-17-5-7-18(8-6-17)13-4-2-3-11-9-12(15)10-16-14(11)13/h2-4,9-10H,5-8H2,1H3. The van der Waals surface area contributed by atoms with E-state index >= 15 is 0 Å². The molecule has 0 atom stereocenters. The van der Waals surface area contributed by atoms with Gasteiger partial charge in [-0.1, -0.05) is 12.1 Å². The van der Waals surface area contributed by atoms with Crippen LogP contribution in [0.1, 0.15) is 0 Å². The summed E-state index contributed by atoms with van der Waals surface area (Å²) in [5, 5.41) is 1.20. The van der Waals surface area contributed by atoms with Gasteiger partial charge in [0.1, 0.15) is 0 Å². The number of hydrogen-bond donors (Lipinski definition) is 0. The van der Waals surface area contributed by atoms with Gasteiger partial charge in [-0.05, 0) is 35.1 Å². The lowest BCUT2D eigenvalue weighted by molar-refractivity contribution is 0.313. The number of halogens is 1. The fourth-order valence-electron chi connectivity index (χ4n) is 2.42. The minimum absolute atomic E-state index is 1.03. The smallest absolute Gasteiger partial charge is 0.0936 e. The van der Waals surface area contributed by atoms with Crippen molar-refractivity contribution in [2.75, 3.05) is 38.1 Å². The molecule has 18 heavy (non-hydrogen) atoms. The molecule has 0 bridgehead atoms. The van der Waals surface area contributed by atoms with Gasteiger partial charge < -0.3 is 9.80 Å². The molecule has 1 saturated heterocycles. The minimum Gasteiger partial charge on any atom is -0.367 e. The molecule has 3 nitrogen and oxygen atoms in total. The summed E-state index contributed by atoms with van der Waals surface area (Å²) >= 11 is 3.48. The summed E-state index contributed by atoms with van der Waals surface area (Å²) in [6.45, 7) is 4.39. The van der Waals surface area contributed by atoms with Gasteiger partial charge in [0.2, 0.25) is 0 Å². The van der Waals surface area contributed by atoms with E-state index in [1.807, 2.05) is 6.20 Å². The van der Waals surface area contributed by atoms with Crippen LogP contribution in [0.2, 0.25) is 0 Å². The summed E-state index contributed by atoms with van der Waals surface area (Å²) < 4.78 is 1.03. The number of fused-ring (bicyclic) bond motifs is 1. The van der Waals surface area contributed by atoms with E-state index in [0.717, 1.165) is 36.2 Å². The molecule has 1 aromatic heterocycles. The molecule has 1 aliphatic rings. The number of benzene rings is 1. The van der Waals surface area contributed by atoms with E-state index in [1.165, 1.54) is 11.1 Å². The molecule has 0 amide bonds. The van der Waals surface area contributed by atoms with E-state index in [9.17, 15) is 0 Å². The molecular weight excluding hydrogens is 290 g/mol. The molecule has 4 heteroatoms. The highest BCUT2D eigenvalue weighted by Crippen LogP contribution is 2.27. The fourth-order valence-corrected chi connectivity index (χ4v) is 2.77. The Morgan fingerprint density at radius 3 is 2.72 bits per heavy atom. The molecule has 2 aromatic rings. The van der Waals surface area contributed by atoms with Crippen molar-refractivity contribution in [3.05, 3.63) is 34.9 Å². The second kappa shape index (κ2) is 4.86. The van der Waals surface area contributed by atoms with Crippen molar-refractivity contribution in [2.45, 2.75) is 0 Å². The summed E-state index contributed by atoms with van der Waals surface area (Å²) in [7, 11) is 2.18. The van der Waals surface area contributed by atoms with Crippen LogP contribution in [0.5, 0.6) is 0 Å². The van der Waals surface area contributed by atoms with Crippen LogP contribution in [-0.2, 0) is 0 Å². The zero-order valence-electron chi connectivity index (χ0n) is 10.4. The molecule has 2 heterocycles. The largest absolute Gasteiger partial charge is 0.367 e. The van der Waals surface area contributed by atoms with Crippen LogP contribution in [0.3, 0.4) is 0 Å². The summed E-state index contributed by atoms with van der Waals surface area (Å²) in [4.78, 5) is 9.37. The third-order valence-electron chi connectivity index (χ3n) is 3.50. The second-order valence-electron chi connectivity index (χ2n) is 4.79. The van der Waals surface area contributed by atoms with Crippen LogP contribution in [0.4, 0.5) is 5.69 Å². The van der Waals surface area contributed by atoms with Gasteiger partial charge in [-0.3, -0.25) is 4.98 Å². The second-order valence-corrected chi connectivity index (χ2v) is 5.71. The van der Waals surface area contributed by atoms with Crippen molar-refractivity contribution in [1.82, 2.24) is 9.88 Å². The third-order valence-corrected chi connectivity index (χ3v) is 3.93.